The second-order valence-corrected chi connectivity index (χ2v) is 8.08. The van der Waals surface area contributed by atoms with Crippen LogP contribution in [0.5, 0.6) is 5.75 Å². The summed E-state index contributed by atoms with van der Waals surface area (Å²) in [5.74, 6) is 0.115. The number of phenolic OH excluding ortho intramolecular Hbond substituents is 1. The molecule has 1 fully saturated rings. The first kappa shape index (κ1) is 16.6. The van der Waals surface area contributed by atoms with Crippen LogP contribution in [0.1, 0.15) is 18.4 Å². The number of anilines is 1. The fraction of sp³-hybridized carbons (Fsp3) is 0.412. The predicted octanol–water partition coefficient (Wildman–Crippen LogP) is 3.66. The van der Waals surface area contributed by atoms with E-state index in [1.54, 1.807) is 16.0 Å². The number of benzene rings is 1. The SMILES string of the molecule is Cc1cc(Cl)cc(O)c1-n1cc2sc(N[C@@H]3CCCN(C)C3)nc2n1. The second kappa shape index (κ2) is 6.48. The first-order chi connectivity index (χ1) is 12.0. The lowest BCUT2D eigenvalue weighted by molar-refractivity contribution is 0.261. The molecule has 1 atom stereocenters. The van der Waals surface area contributed by atoms with Crippen LogP contribution in [0.25, 0.3) is 16.0 Å². The van der Waals surface area contributed by atoms with E-state index in [0.29, 0.717) is 22.4 Å². The Bertz CT molecular complexity index is 867. The van der Waals surface area contributed by atoms with Crippen LogP contribution in [0.2, 0.25) is 5.02 Å². The quantitative estimate of drug-likeness (QED) is 0.729. The maximum atomic E-state index is 10.2. The average molecular weight is 378 g/mol. The van der Waals surface area contributed by atoms with Gasteiger partial charge >= 0.3 is 0 Å². The van der Waals surface area contributed by atoms with Crippen molar-refractivity contribution in [2.45, 2.75) is 25.8 Å². The molecule has 0 radical (unpaired) electrons. The van der Waals surface area contributed by atoms with E-state index in [-0.39, 0.29) is 5.75 Å². The van der Waals surface area contributed by atoms with Crippen molar-refractivity contribution in [1.82, 2.24) is 19.7 Å². The fourth-order valence-corrected chi connectivity index (χ4v) is 4.54. The molecule has 3 heterocycles. The van der Waals surface area contributed by atoms with E-state index in [0.717, 1.165) is 28.5 Å². The maximum absolute atomic E-state index is 10.2. The van der Waals surface area contributed by atoms with E-state index in [4.69, 9.17) is 11.6 Å². The number of thiazole rings is 1. The van der Waals surface area contributed by atoms with E-state index in [9.17, 15) is 5.11 Å². The molecule has 8 heteroatoms. The Morgan fingerprint density at radius 1 is 1.40 bits per heavy atom. The molecule has 0 saturated carbocycles. The first-order valence-corrected chi connectivity index (χ1v) is 9.50. The summed E-state index contributed by atoms with van der Waals surface area (Å²) >= 11 is 7.57. The smallest absolute Gasteiger partial charge is 0.194 e. The number of phenols is 1. The standard InChI is InChI=1S/C17H20ClN5OS/c1-10-6-11(18)7-13(24)15(10)23-9-14-16(21-23)20-17(25-14)19-12-4-3-5-22(2)8-12/h6-7,9,12,24H,3-5,8H2,1-2H3,(H,19,20,21)/t12-/m1/s1. The monoisotopic (exact) mass is 377 g/mol. The molecule has 1 aromatic carbocycles. The van der Waals surface area contributed by atoms with E-state index in [1.807, 2.05) is 19.2 Å². The van der Waals surface area contributed by atoms with Crippen molar-refractivity contribution in [2.24, 2.45) is 0 Å². The molecule has 0 aliphatic carbocycles. The minimum Gasteiger partial charge on any atom is -0.506 e. The Morgan fingerprint density at radius 3 is 2.96 bits per heavy atom. The van der Waals surface area contributed by atoms with Crippen molar-refractivity contribution in [3.63, 3.8) is 0 Å². The summed E-state index contributed by atoms with van der Waals surface area (Å²) in [6.07, 6.45) is 4.28. The molecule has 132 valence electrons. The van der Waals surface area contributed by atoms with Crippen molar-refractivity contribution in [1.29, 1.82) is 0 Å². The molecule has 4 rings (SSSR count). The van der Waals surface area contributed by atoms with Gasteiger partial charge in [0, 0.05) is 23.7 Å². The zero-order valence-electron chi connectivity index (χ0n) is 14.2. The van der Waals surface area contributed by atoms with Crippen LogP contribution in [0, 0.1) is 6.92 Å². The van der Waals surface area contributed by atoms with E-state index >= 15 is 0 Å². The molecule has 1 aliphatic heterocycles. The number of aryl methyl sites for hydroxylation is 1. The minimum atomic E-state index is 0.115. The van der Waals surface area contributed by atoms with Gasteiger partial charge in [-0.25, -0.2) is 4.68 Å². The highest BCUT2D eigenvalue weighted by atomic mass is 35.5. The van der Waals surface area contributed by atoms with Crippen LogP contribution < -0.4 is 5.32 Å². The Kier molecular flexibility index (Phi) is 4.31. The van der Waals surface area contributed by atoms with E-state index in [2.05, 4.69) is 27.3 Å². The van der Waals surface area contributed by atoms with Gasteiger partial charge in [0.1, 0.15) is 11.4 Å². The van der Waals surface area contributed by atoms with Crippen LogP contribution in [-0.2, 0) is 0 Å². The van der Waals surface area contributed by atoms with E-state index in [1.165, 1.54) is 18.9 Å². The number of likely N-dealkylation sites (N-methyl/N-ethyl adjacent to an activating group) is 1. The Labute approximate surface area is 155 Å². The molecule has 1 aliphatic rings. The molecular weight excluding hydrogens is 358 g/mol. The maximum Gasteiger partial charge on any atom is 0.194 e. The van der Waals surface area contributed by atoms with Crippen molar-refractivity contribution in [3.8, 4) is 11.4 Å². The molecule has 3 aromatic rings. The van der Waals surface area contributed by atoms with Crippen molar-refractivity contribution in [2.75, 3.05) is 25.5 Å². The number of halogens is 1. The van der Waals surface area contributed by atoms with Gasteiger partial charge in [0.05, 0.1) is 10.9 Å². The number of fused-ring (bicyclic) bond motifs is 1. The topological polar surface area (TPSA) is 66.2 Å². The molecular formula is C17H20ClN5OS. The average Bonchev–Trinajstić information content (AvgIpc) is 3.04. The molecule has 2 N–H and O–H groups in total. The molecule has 1 saturated heterocycles. The molecule has 2 aromatic heterocycles. The number of nitrogens with zero attached hydrogens (tertiary/aromatic N) is 4. The molecule has 0 amide bonds. The fourth-order valence-electron chi connectivity index (χ4n) is 3.37. The number of rotatable bonds is 3. The van der Waals surface area contributed by atoms with Crippen LogP contribution in [0.3, 0.4) is 0 Å². The highest BCUT2D eigenvalue weighted by Crippen LogP contribution is 2.32. The number of nitrogens with one attached hydrogen (secondary N) is 1. The molecule has 25 heavy (non-hydrogen) atoms. The van der Waals surface area contributed by atoms with Gasteiger partial charge in [-0.3, -0.25) is 0 Å². The first-order valence-electron chi connectivity index (χ1n) is 8.30. The van der Waals surface area contributed by atoms with Gasteiger partial charge in [-0.15, -0.1) is 5.10 Å². The van der Waals surface area contributed by atoms with Gasteiger partial charge in [0.2, 0.25) is 0 Å². The van der Waals surface area contributed by atoms with Crippen LogP contribution in [0.15, 0.2) is 18.3 Å². The van der Waals surface area contributed by atoms with Crippen LogP contribution >= 0.6 is 22.9 Å². The third-order valence-corrected chi connectivity index (χ3v) is 5.63. The summed E-state index contributed by atoms with van der Waals surface area (Å²) in [6.45, 7) is 4.10. The lowest BCUT2D eigenvalue weighted by Crippen LogP contribution is -2.39. The third-order valence-electron chi connectivity index (χ3n) is 4.50. The lowest BCUT2D eigenvalue weighted by atomic mass is 10.1. The number of hydrogen-bond donors (Lipinski definition) is 2. The summed E-state index contributed by atoms with van der Waals surface area (Å²) in [4.78, 5) is 6.94. The van der Waals surface area contributed by atoms with Gasteiger partial charge < -0.3 is 15.3 Å². The Hall–Kier alpha value is -1.83. The predicted molar refractivity (Wildman–Crippen MR) is 102 cm³/mol. The molecule has 0 spiro atoms. The van der Waals surface area contributed by atoms with Crippen molar-refractivity contribution in [3.05, 3.63) is 28.9 Å². The van der Waals surface area contributed by atoms with Gasteiger partial charge in [0.25, 0.3) is 0 Å². The molecule has 0 unspecified atom stereocenters. The zero-order valence-corrected chi connectivity index (χ0v) is 15.7. The summed E-state index contributed by atoms with van der Waals surface area (Å²) in [5, 5.41) is 19.7. The van der Waals surface area contributed by atoms with Gasteiger partial charge in [0.15, 0.2) is 10.8 Å². The van der Waals surface area contributed by atoms with Crippen molar-refractivity contribution >= 4 is 38.4 Å². The molecule has 6 nitrogen and oxygen atoms in total. The Morgan fingerprint density at radius 2 is 2.24 bits per heavy atom. The van der Waals surface area contributed by atoms with Gasteiger partial charge in [-0.1, -0.05) is 22.9 Å². The lowest BCUT2D eigenvalue weighted by Gasteiger charge is -2.29. The highest BCUT2D eigenvalue weighted by Gasteiger charge is 2.19. The normalized spacial score (nSPS) is 18.8. The highest BCUT2D eigenvalue weighted by molar-refractivity contribution is 7.22. The van der Waals surface area contributed by atoms with Crippen LogP contribution in [0.4, 0.5) is 5.13 Å². The second-order valence-electron chi connectivity index (χ2n) is 6.62. The number of aromatic hydroxyl groups is 1. The Balaban J connectivity index is 1.60. The summed E-state index contributed by atoms with van der Waals surface area (Å²) in [6, 6.07) is 3.77. The summed E-state index contributed by atoms with van der Waals surface area (Å²) in [7, 11) is 2.15. The summed E-state index contributed by atoms with van der Waals surface area (Å²) in [5.41, 5.74) is 2.19. The number of hydrogen-bond acceptors (Lipinski definition) is 6. The van der Waals surface area contributed by atoms with Gasteiger partial charge in [-0.05, 0) is 45.0 Å². The van der Waals surface area contributed by atoms with Crippen molar-refractivity contribution < 1.29 is 5.11 Å². The zero-order chi connectivity index (χ0) is 17.6. The van der Waals surface area contributed by atoms with Crippen LogP contribution in [-0.4, -0.2) is 50.9 Å². The third kappa shape index (κ3) is 3.31. The molecule has 0 bridgehead atoms. The largest absolute Gasteiger partial charge is 0.506 e. The summed E-state index contributed by atoms with van der Waals surface area (Å²) < 4.78 is 2.66. The minimum absolute atomic E-state index is 0.115. The number of aromatic nitrogens is 3. The van der Waals surface area contributed by atoms with Gasteiger partial charge in [-0.2, -0.15) is 4.98 Å². The number of piperidine rings is 1. The van der Waals surface area contributed by atoms with E-state index < -0.39 is 0 Å². The number of likely N-dealkylation sites (tertiary alicyclic amines) is 1.